The first-order valence-corrected chi connectivity index (χ1v) is 6.09. The summed E-state index contributed by atoms with van der Waals surface area (Å²) in [6.45, 7) is 3.43. The predicted octanol–water partition coefficient (Wildman–Crippen LogP) is 3.64. The minimum atomic E-state index is -4.90. The monoisotopic (exact) mass is 291 g/mol. The van der Waals surface area contributed by atoms with E-state index in [2.05, 4.69) is 6.58 Å². The van der Waals surface area contributed by atoms with Crippen LogP contribution in [0.1, 0.15) is 18.4 Å². The largest absolute Gasteiger partial charge is 0.425 e. The van der Waals surface area contributed by atoms with E-state index in [-0.39, 0.29) is 22.2 Å². The van der Waals surface area contributed by atoms with Gasteiger partial charge in [0.05, 0.1) is 0 Å². The van der Waals surface area contributed by atoms with Crippen molar-refractivity contribution in [3.63, 3.8) is 0 Å². The number of rotatable bonds is 3. The molecule has 0 saturated heterocycles. The Kier molecular flexibility index (Phi) is 3.31. The summed E-state index contributed by atoms with van der Waals surface area (Å²) in [6, 6.07) is 3.66. The van der Waals surface area contributed by atoms with Crippen molar-refractivity contribution >= 4 is 17.3 Å². The van der Waals surface area contributed by atoms with Crippen LogP contribution in [0.4, 0.5) is 18.9 Å². The van der Waals surface area contributed by atoms with Gasteiger partial charge in [0.15, 0.2) is 0 Å². The SMILES string of the molecule is C=C(C1CC1)C(O)(c1cc(Cl)ccc1N)C(F)(F)F. The Hall–Kier alpha value is -1.20. The van der Waals surface area contributed by atoms with Gasteiger partial charge in [-0.15, -0.1) is 0 Å². The lowest BCUT2D eigenvalue weighted by Gasteiger charge is -2.34. The van der Waals surface area contributed by atoms with Gasteiger partial charge in [-0.1, -0.05) is 18.2 Å². The molecule has 0 aromatic heterocycles. The molecule has 1 unspecified atom stereocenters. The van der Waals surface area contributed by atoms with Crippen molar-refractivity contribution in [1.29, 1.82) is 0 Å². The zero-order valence-electron chi connectivity index (χ0n) is 9.97. The first-order valence-electron chi connectivity index (χ1n) is 5.71. The summed E-state index contributed by atoms with van der Waals surface area (Å²) in [5.74, 6) is -0.329. The zero-order valence-corrected chi connectivity index (χ0v) is 10.7. The number of benzene rings is 1. The summed E-state index contributed by atoms with van der Waals surface area (Å²) in [5.41, 5.74) is 1.54. The van der Waals surface area contributed by atoms with Crippen LogP contribution in [0.25, 0.3) is 0 Å². The molecular formula is C13H13ClF3NO. The molecule has 19 heavy (non-hydrogen) atoms. The Morgan fingerprint density at radius 2 is 1.95 bits per heavy atom. The average Bonchev–Trinajstić information content (AvgIpc) is 3.12. The Labute approximate surface area is 113 Å². The molecule has 0 bridgehead atoms. The maximum atomic E-state index is 13.3. The third-order valence-corrected chi connectivity index (χ3v) is 3.59. The van der Waals surface area contributed by atoms with E-state index < -0.39 is 17.3 Å². The quantitative estimate of drug-likeness (QED) is 0.660. The van der Waals surface area contributed by atoms with Crippen LogP contribution in [0.5, 0.6) is 0 Å². The lowest BCUT2D eigenvalue weighted by Crippen LogP contribution is -2.45. The number of nitrogens with two attached hydrogens (primary N) is 1. The van der Waals surface area contributed by atoms with E-state index in [1.54, 1.807) is 0 Å². The van der Waals surface area contributed by atoms with Gasteiger partial charge in [0.2, 0.25) is 5.60 Å². The molecule has 1 atom stereocenters. The van der Waals surface area contributed by atoms with Crippen LogP contribution < -0.4 is 5.73 Å². The molecule has 0 radical (unpaired) electrons. The van der Waals surface area contributed by atoms with Gasteiger partial charge in [0.25, 0.3) is 0 Å². The van der Waals surface area contributed by atoms with E-state index in [0.29, 0.717) is 12.8 Å². The maximum absolute atomic E-state index is 13.3. The lowest BCUT2D eigenvalue weighted by molar-refractivity contribution is -0.251. The van der Waals surface area contributed by atoms with Gasteiger partial charge in [-0.3, -0.25) is 0 Å². The standard InChI is InChI=1S/C13H13ClF3NO/c1-7(8-2-3-8)12(19,13(15,16)17)10-6-9(14)4-5-11(10)18/h4-6,8,19H,1-3,18H2. The van der Waals surface area contributed by atoms with Gasteiger partial charge in [-0.25, -0.2) is 0 Å². The average molecular weight is 292 g/mol. The summed E-state index contributed by atoms with van der Waals surface area (Å²) >= 11 is 5.71. The van der Waals surface area contributed by atoms with Crippen molar-refractivity contribution in [2.24, 2.45) is 5.92 Å². The predicted molar refractivity (Wildman–Crippen MR) is 67.7 cm³/mol. The summed E-state index contributed by atoms with van der Waals surface area (Å²) in [7, 11) is 0. The van der Waals surface area contributed by atoms with Crippen LogP contribution in [-0.4, -0.2) is 11.3 Å². The molecule has 0 heterocycles. The van der Waals surface area contributed by atoms with E-state index in [9.17, 15) is 18.3 Å². The van der Waals surface area contributed by atoms with Gasteiger partial charge < -0.3 is 10.8 Å². The first kappa shape index (κ1) is 14.2. The molecule has 2 rings (SSSR count). The molecule has 0 spiro atoms. The van der Waals surface area contributed by atoms with Crippen LogP contribution >= 0.6 is 11.6 Å². The summed E-state index contributed by atoms with van der Waals surface area (Å²) < 4.78 is 40.0. The van der Waals surface area contributed by atoms with E-state index >= 15 is 0 Å². The van der Waals surface area contributed by atoms with Gasteiger partial charge in [-0.2, -0.15) is 13.2 Å². The van der Waals surface area contributed by atoms with Crippen molar-refractivity contribution in [2.75, 3.05) is 5.73 Å². The van der Waals surface area contributed by atoms with Gasteiger partial charge in [0, 0.05) is 16.3 Å². The lowest BCUT2D eigenvalue weighted by atomic mass is 9.82. The molecule has 1 saturated carbocycles. The van der Waals surface area contributed by atoms with Crippen LogP contribution in [0.2, 0.25) is 5.02 Å². The van der Waals surface area contributed by atoms with E-state index in [0.717, 1.165) is 6.07 Å². The number of hydrogen-bond acceptors (Lipinski definition) is 2. The van der Waals surface area contributed by atoms with Crippen LogP contribution in [0.3, 0.4) is 0 Å². The second-order valence-electron chi connectivity index (χ2n) is 4.74. The Morgan fingerprint density at radius 3 is 2.42 bits per heavy atom. The second kappa shape index (κ2) is 4.42. The molecule has 2 nitrogen and oxygen atoms in total. The molecule has 0 amide bonds. The fraction of sp³-hybridized carbons (Fsp3) is 0.385. The molecule has 1 aromatic carbocycles. The molecule has 6 heteroatoms. The number of anilines is 1. The highest BCUT2D eigenvalue weighted by atomic mass is 35.5. The minimum Gasteiger partial charge on any atom is -0.398 e. The highest BCUT2D eigenvalue weighted by Gasteiger charge is 2.60. The number of nitrogen functional groups attached to an aromatic ring is 1. The number of alkyl halides is 3. The Balaban J connectivity index is 2.60. The normalized spacial score (nSPS) is 19.0. The van der Waals surface area contributed by atoms with Crippen molar-refractivity contribution in [3.8, 4) is 0 Å². The fourth-order valence-corrected chi connectivity index (χ4v) is 2.25. The van der Waals surface area contributed by atoms with Crippen molar-refractivity contribution in [2.45, 2.75) is 24.6 Å². The molecule has 1 aliphatic rings. The van der Waals surface area contributed by atoms with Crippen molar-refractivity contribution in [1.82, 2.24) is 0 Å². The Bertz CT molecular complexity index is 525. The molecule has 0 aliphatic heterocycles. The second-order valence-corrected chi connectivity index (χ2v) is 5.18. The zero-order chi connectivity index (χ0) is 14.4. The van der Waals surface area contributed by atoms with Gasteiger partial charge >= 0.3 is 6.18 Å². The summed E-state index contributed by atoms with van der Waals surface area (Å²) in [6.07, 6.45) is -3.71. The highest BCUT2D eigenvalue weighted by Crippen LogP contribution is 2.53. The molecule has 104 valence electrons. The van der Waals surface area contributed by atoms with Crippen LogP contribution in [0.15, 0.2) is 30.4 Å². The van der Waals surface area contributed by atoms with Crippen LogP contribution in [-0.2, 0) is 5.60 Å². The number of aliphatic hydroxyl groups is 1. The van der Waals surface area contributed by atoms with E-state index in [1.165, 1.54) is 12.1 Å². The fourth-order valence-electron chi connectivity index (χ4n) is 2.08. The summed E-state index contributed by atoms with van der Waals surface area (Å²) in [4.78, 5) is 0. The highest BCUT2D eigenvalue weighted by molar-refractivity contribution is 6.30. The third kappa shape index (κ3) is 2.32. The smallest absolute Gasteiger partial charge is 0.398 e. The third-order valence-electron chi connectivity index (χ3n) is 3.35. The van der Waals surface area contributed by atoms with E-state index in [1.807, 2.05) is 0 Å². The maximum Gasteiger partial charge on any atom is 0.425 e. The molecule has 1 aliphatic carbocycles. The molecule has 3 N–H and O–H groups in total. The number of halogens is 4. The van der Waals surface area contributed by atoms with E-state index in [4.69, 9.17) is 17.3 Å². The Morgan fingerprint density at radius 1 is 1.37 bits per heavy atom. The molecular weight excluding hydrogens is 279 g/mol. The van der Waals surface area contributed by atoms with Gasteiger partial charge in [-0.05, 0) is 42.5 Å². The van der Waals surface area contributed by atoms with Crippen molar-refractivity contribution < 1.29 is 18.3 Å². The van der Waals surface area contributed by atoms with Gasteiger partial charge in [0.1, 0.15) is 0 Å². The van der Waals surface area contributed by atoms with Crippen molar-refractivity contribution in [3.05, 3.63) is 40.9 Å². The number of hydrogen-bond donors (Lipinski definition) is 2. The van der Waals surface area contributed by atoms with Crippen LogP contribution in [0, 0.1) is 5.92 Å². The topological polar surface area (TPSA) is 46.2 Å². The summed E-state index contributed by atoms with van der Waals surface area (Å²) in [5, 5.41) is 10.3. The first-order chi connectivity index (χ1) is 8.68. The molecule has 1 aromatic rings. The minimum absolute atomic E-state index is 0.0791. The molecule has 1 fully saturated rings.